The van der Waals surface area contributed by atoms with E-state index in [2.05, 4.69) is 36.0 Å². The van der Waals surface area contributed by atoms with Crippen LogP contribution < -0.4 is 0 Å². The number of carbonyl (C=O) groups excluding carboxylic acids is 1. The maximum absolute atomic E-state index is 13.6. The summed E-state index contributed by atoms with van der Waals surface area (Å²) in [6, 6.07) is 10.7. The SMILES string of the molecule is N#CC(N=Nc1ccc(C(=O)N2CCCC(c3ccc(F)c(F)c3)=N2)cc1)c1nn[nH]n1. The second kappa shape index (κ2) is 9.17. The van der Waals surface area contributed by atoms with E-state index in [-0.39, 0.29) is 11.7 Å². The molecule has 10 nitrogen and oxygen atoms in total. The number of aromatic nitrogens is 4. The van der Waals surface area contributed by atoms with Gasteiger partial charge in [-0.1, -0.05) is 5.21 Å². The van der Waals surface area contributed by atoms with E-state index in [0.29, 0.717) is 41.9 Å². The first kappa shape index (κ1) is 20.9. The zero-order chi connectivity index (χ0) is 22.5. The molecule has 1 aliphatic heterocycles. The van der Waals surface area contributed by atoms with E-state index in [1.54, 1.807) is 24.3 Å². The normalized spacial score (nSPS) is 14.8. The number of carbonyl (C=O) groups is 1. The minimum Gasteiger partial charge on any atom is -0.267 e. The molecule has 1 N–H and O–H groups in total. The van der Waals surface area contributed by atoms with Gasteiger partial charge in [0.1, 0.15) is 0 Å². The maximum atomic E-state index is 13.6. The summed E-state index contributed by atoms with van der Waals surface area (Å²) in [6.45, 7) is 0.405. The molecule has 0 saturated heterocycles. The lowest BCUT2D eigenvalue weighted by atomic mass is 10.0. The zero-order valence-corrected chi connectivity index (χ0v) is 16.5. The molecule has 12 heteroatoms. The zero-order valence-electron chi connectivity index (χ0n) is 16.5. The van der Waals surface area contributed by atoms with Crippen LogP contribution in [0.1, 0.15) is 40.6 Å². The predicted molar refractivity (Wildman–Crippen MR) is 107 cm³/mol. The van der Waals surface area contributed by atoms with Gasteiger partial charge in [-0.05, 0) is 55.3 Å². The number of nitriles is 1. The van der Waals surface area contributed by atoms with E-state index in [9.17, 15) is 13.6 Å². The first-order chi connectivity index (χ1) is 15.5. The summed E-state index contributed by atoms with van der Waals surface area (Å²) in [5.74, 6) is -2.14. The molecule has 0 aliphatic carbocycles. The fourth-order valence-corrected chi connectivity index (χ4v) is 3.03. The van der Waals surface area contributed by atoms with Crippen molar-refractivity contribution in [2.24, 2.45) is 15.3 Å². The third-order valence-electron chi connectivity index (χ3n) is 4.64. The van der Waals surface area contributed by atoms with Gasteiger partial charge >= 0.3 is 0 Å². The van der Waals surface area contributed by atoms with Crippen molar-refractivity contribution in [2.75, 3.05) is 6.54 Å². The Morgan fingerprint density at radius 3 is 2.69 bits per heavy atom. The highest BCUT2D eigenvalue weighted by atomic mass is 19.2. The molecule has 2 aromatic carbocycles. The predicted octanol–water partition coefficient (Wildman–Crippen LogP) is 3.47. The van der Waals surface area contributed by atoms with Gasteiger partial charge in [-0.2, -0.15) is 25.8 Å². The van der Waals surface area contributed by atoms with Crippen LogP contribution >= 0.6 is 0 Å². The number of hydrogen-bond donors (Lipinski definition) is 1. The molecular weight excluding hydrogens is 420 g/mol. The Balaban J connectivity index is 1.48. The Morgan fingerprint density at radius 2 is 2.00 bits per heavy atom. The van der Waals surface area contributed by atoms with Crippen LogP contribution in [-0.2, 0) is 0 Å². The number of benzene rings is 2. The molecule has 2 heterocycles. The van der Waals surface area contributed by atoms with Crippen LogP contribution in [0.3, 0.4) is 0 Å². The first-order valence-electron chi connectivity index (χ1n) is 9.54. The largest absolute Gasteiger partial charge is 0.273 e. The number of hydrazone groups is 1. The molecule has 1 aromatic heterocycles. The van der Waals surface area contributed by atoms with Gasteiger partial charge < -0.3 is 0 Å². The molecule has 0 spiro atoms. The van der Waals surface area contributed by atoms with Crippen LogP contribution in [0.4, 0.5) is 14.5 Å². The summed E-state index contributed by atoms with van der Waals surface area (Å²) >= 11 is 0. The number of tetrazole rings is 1. The van der Waals surface area contributed by atoms with Crippen molar-refractivity contribution >= 4 is 17.3 Å². The van der Waals surface area contributed by atoms with Gasteiger partial charge in [0.25, 0.3) is 5.91 Å². The monoisotopic (exact) mass is 435 g/mol. The van der Waals surface area contributed by atoms with Crippen LogP contribution in [0.2, 0.25) is 0 Å². The number of rotatable bonds is 5. The molecule has 4 rings (SSSR count). The lowest BCUT2D eigenvalue weighted by Crippen LogP contribution is -2.32. The van der Waals surface area contributed by atoms with Gasteiger partial charge in [0.05, 0.1) is 17.5 Å². The molecule has 1 atom stereocenters. The van der Waals surface area contributed by atoms with Crippen molar-refractivity contribution < 1.29 is 13.6 Å². The first-order valence-corrected chi connectivity index (χ1v) is 9.54. The van der Waals surface area contributed by atoms with Gasteiger partial charge in [-0.3, -0.25) is 4.79 Å². The number of azo groups is 1. The fourth-order valence-electron chi connectivity index (χ4n) is 3.03. The van der Waals surface area contributed by atoms with E-state index >= 15 is 0 Å². The van der Waals surface area contributed by atoms with E-state index in [4.69, 9.17) is 5.26 Å². The quantitative estimate of drug-likeness (QED) is 0.612. The Bertz CT molecular complexity index is 1220. The summed E-state index contributed by atoms with van der Waals surface area (Å²) in [4.78, 5) is 12.8. The van der Waals surface area contributed by atoms with Gasteiger partial charge in [0.15, 0.2) is 11.6 Å². The third-order valence-corrected chi connectivity index (χ3v) is 4.64. The average Bonchev–Trinajstić information content (AvgIpc) is 3.36. The Kier molecular flexibility index (Phi) is 5.98. The highest BCUT2D eigenvalue weighted by Crippen LogP contribution is 2.21. The molecule has 32 heavy (non-hydrogen) atoms. The number of nitrogens with one attached hydrogen (secondary N) is 1. The molecule has 3 aromatic rings. The summed E-state index contributed by atoms with van der Waals surface area (Å²) < 4.78 is 26.7. The molecule has 0 bridgehead atoms. The Morgan fingerprint density at radius 1 is 1.19 bits per heavy atom. The number of aromatic amines is 1. The van der Waals surface area contributed by atoms with Gasteiger partial charge in [0.2, 0.25) is 11.9 Å². The number of nitrogens with zero attached hydrogens (tertiary/aromatic N) is 8. The maximum Gasteiger partial charge on any atom is 0.273 e. The van der Waals surface area contributed by atoms with Crippen LogP contribution in [-0.4, -0.2) is 43.8 Å². The number of amides is 1. The third kappa shape index (κ3) is 4.51. The fraction of sp³-hybridized carbons (Fsp3) is 0.200. The van der Waals surface area contributed by atoms with Crippen LogP contribution in [0.25, 0.3) is 0 Å². The van der Waals surface area contributed by atoms with E-state index in [1.165, 1.54) is 11.1 Å². The van der Waals surface area contributed by atoms with E-state index in [1.807, 2.05) is 6.07 Å². The van der Waals surface area contributed by atoms with Crippen molar-refractivity contribution in [3.05, 3.63) is 71.1 Å². The molecule has 1 unspecified atom stereocenters. The second-order valence-electron chi connectivity index (χ2n) is 6.77. The van der Waals surface area contributed by atoms with Crippen molar-refractivity contribution in [1.82, 2.24) is 25.6 Å². The summed E-state index contributed by atoms with van der Waals surface area (Å²) in [5.41, 5.74) is 1.74. The summed E-state index contributed by atoms with van der Waals surface area (Å²) in [5, 5.41) is 35.7. The minimum absolute atomic E-state index is 0.0999. The number of halogens is 2. The van der Waals surface area contributed by atoms with Gasteiger partial charge in [0, 0.05) is 17.7 Å². The molecule has 160 valence electrons. The van der Waals surface area contributed by atoms with Crippen molar-refractivity contribution in [3.63, 3.8) is 0 Å². The molecule has 1 amide bonds. The van der Waals surface area contributed by atoms with Gasteiger partial charge in [-0.15, -0.1) is 10.2 Å². The van der Waals surface area contributed by atoms with Gasteiger partial charge in [-0.25, -0.2) is 13.8 Å². The number of hydrogen-bond acceptors (Lipinski definition) is 8. The summed E-state index contributed by atoms with van der Waals surface area (Å²) in [7, 11) is 0. The smallest absolute Gasteiger partial charge is 0.267 e. The molecule has 0 fully saturated rings. The molecule has 1 aliphatic rings. The lowest BCUT2D eigenvalue weighted by molar-refractivity contribution is 0.0751. The standard InChI is InChI=1S/C20H15F2N9O/c21-15-8-5-13(10-16(15)22)17-2-1-9-31(28-17)20(32)12-3-6-14(7-4-12)24-25-18(11-23)19-26-29-30-27-19/h3-8,10,18H,1-2,9H2,(H,26,27,29,30). The second-order valence-corrected chi connectivity index (χ2v) is 6.77. The van der Waals surface area contributed by atoms with Crippen molar-refractivity contribution in [3.8, 4) is 6.07 Å². The Hall–Kier alpha value is -4.40. The highest BCUT2D eigenvalue weighted by molar-refractivity contribution is 6.03. The Labute approximate surface area is 180 Å². The van der Waals surface area contributed by atoms with E-state index < -0.39 is 17.7 Å². The van der Waals surface area contributed by atoms with Crippen LogP contribution in [0.5, 0.6) is 0 Å². The van der Waals surface area contributed by atoms with E-state index in [0.717, 1.165) is 12.1 Å². The molecular formula is C20H15F2N9O. The molecule has 0 saturated carbocycles. The topological polar surface area (TPSA) is 136 Å². The van der Waals surface area contributed by atoms with Crippen molar-refractivity contribution in [1.29, 1.82) is 5.26 Å². The highest BCUT2D eigenvalue weighted by Gasteiger charge is 2.21. The number of H-pyrrole nitrogens is 1. The average molecular weight is 435 g/mol. The summed E-state index contributed by atoms with van der Waals surface area (Å²) in [6.07, 6.45) is 1.19. The molecule has 0 radical (unpaired) electrons. The van der Waals surface area contributed by atoms with Crippen molar-refractivity contribution in [2.45, 2.75) is 18.9 Å². The lowest BCUT2D eigenvalue weighted by Gasteiger charge is -2.24. The minimum atomic E-state index is -1.01. The van der Waals surface area contributed by atoms with Crippen LogP contribution in [0, 0.1) is 23.0 Å². The van der Waals surface area contributed by atoms with Crippen LogP contribution in [0.15, 0.2) is 57.8 Å².